The number of halogens is 3. The van der Waals surface area contributed by atoms with Gasteiger partial charge in [-0.1, -0.05) is 0 Å². The summed E-state index contributed by atoms with van der Waals surface area (Å²) in [6.45, 7) is -1.15. The number of nitrogens with one attached hydrogen (secondary N) is 1. The average molecular weight is 342 g/mol. The molecule has 0 radical (unpaired) electrons. The molecule has 5 rings (SSSR count). The van der Waals surface area contributed by atoms with Gasteiger partial charge in [-0.15, -0.1) is 0 Å². The van der Waals surface area contributed by atoms with Gasteiger partial charge in [0.2, 0.25) is 0 Å². The zero-order valence-electron chi connectivity index (χ0n) is 12.8. The second-order valence-electron chi connectivity index (χ2n) is 6.71. The third-order valence-corrected chi connectivity index (χ3v) is 5.14. The molecule has 130 valence electrons. The van der Waals surface area contributed by atoms with Gasteiger partial charge >= 0.3 is 6.61 Å². The Balaban J connectivity index is 1.44. The quantitative estimate of drug-likeness (QED) is 0.912. The highest BCUT2D eigenvalue weighted by molar-refractivity contribution is 5.95. The van der Waals surface area contributed by atoms with Crippen LogP contribution in [0.4, 0.5) is 18.9 Å². The molecule has 1 aliphatic carbocycles. The first-order valence-corrected chi connectivity index (χ1v) is 7.87. The molecule has 1 unspecified atom stereocenters. The number of hydrogen-bond donors (Lipinski definition) is 1. The molecule has 5 nitrogen and oxygen atoms in total. The number of rotatable bonds is 4. The van der Waals surface area contributed by atoms with E-state index in [4.69, 9.17) is 4.74 Å². The van der Waals surface area contributed by atoms with E-state index in [-0.39, 0.29) is 11.2 Å². The molecule has 1 atom stereocenters. The van der Waals surface area contributed by atoms with Crippen LogP contribution >= 0.6 is 0 Å². The smallest absolute Gasteiger partial charge is 0.387 e. The van der Waals surface area contributed by atoms with Gasteiger partial charge in [-0.2, -0.15) is 8.78 Å². The minimum absolute atomic E-state index is 0.00342. The molecular weight excluding hydrogens is 325 g/mol. The van der Waals surface area contributed by atoms with Crippen LogP contribution in [0.5, 0.6) is 5.75 Å². The molecule has 3 saturated heterocycles. The van der Waals surface area contributed by atoms with E-state index in [1.807, 2.05) is 0 Å². The summed E-state index contributed by atoms with van der Waals surface area (Å²) in [6, 6.07) is 3.08. The molecular formula is C16H17F3N2O3. The fourth-order valence-corrected chi connectivity index (χ4v) is 4.06. The molecule has 1 aromatic carbocycles. The first kappa shape index (κ1) is 15.7. The monoisotopic (exact) mass is 342 g/mol. The predicted octanol–water partition coefficient (Wildman–Crippen LogP) is 2.23. The first-order valence-electron chi connectivity index (χ1n) is 7.87. The number of carbonyl (C=O) groups is 1. The van der Waals surface area contributed by atoms with Gasteiger partial charge < -0.3 is 14.8 Å². The molecule has 2 bridgehead atoms. The lowest BCUT2D eigenvalue weighted by atomic mass is 9.73. The molecule has 1 saturated carbocycles. The largest absolute Gasteiger partial charge is 0.432 e. The Morgan fingerprint density at radius 2 is 2.17 bits per heavy atom. The zero-order chi connectivity index (χ0) is 16.9. The number of anilines is 1. The van der Waals surface area contributed by atoms with Crippen LogP contribution in [0.15, 0.2) is 18.2 Å². The van der Waals surface area contributed by atoms with E-state index >= 15 is 0 Å². The second kappa shape index (κ2) is 5.63. The molecule has 1 aromatic rings. The fraction of sp³-hybridized carbons (Fsp3) is 0.562. The Kier molecular flexibility index (Phi) is 3.69. The van der Waals surface area contributed by atoms with Crippen molar-refractivity contribution >= 4 is 11.6 Å². The van der Waals surface area contributed by atoms with Crippen molar-refractivity contribution in [3.63, 3.8) is 0 Å². The average Bonchev–Trinajstić information content (AvgIpc) is 3.03. The second-order valence-corrected chi connectivity index (χ2v) is 6.71. The maximum atomic E-state index is 13.2. The van der Waals surface area contributed by atoms with E-state index in [1.54, 1.807) is 0 Å². The molecule has 0 aromatic heterocycles. The summed E-state index contributed by atoms with van der Waals surface area (Å²) in [4.78, 5) is 14.7. The standard InChI is InChI=1S/C16H17F3N2O3/c17-10-1-2-11(12(3-10)24-15(18)19)20-14(22)13-7-21-6-9-4-16(21,5-9)8-23-13/h1-3,9,13,15H,4-8H2,(H,20,22). The van der Waals surface area contributed by atoms with Gasteiger partial charge in [-0.3, -0.25) is 9.69 Å². The topological polar surface area (TPSA) is 50.8 Å². The summed E-state index contributed by atoms with van der Waals surface area (Å²) in [5, 5.41) is 2.50. The highest BCUT2D eigenvalue weighted by Crippen LogP contribution is 2.52. The maximum Gasteiger partial charge on any atom is 0.387 e. The Hall–Kier alpha value is -1.80. The van der Waals surface area contributed by atoms with Gasteiger partial charge in [0.15, 0.2) is 5.75 Å². The fourth-order valence-electron chi connectivity index (χ4n) is 4.06. The van der Waals surface area contributed by atoms with E-state index in [2.05, 4.69) is 15.0 Å². The van der Waals surface area contributed by atoms with E-state index in [9.17, 15) is 18.0 Å². The van der Waals surface area contributed by atoms with Crippen LogP contribution in [0.25, 0.3) is 0 Å². The van der Waals surface area contributed by atoms with Crippen LogP contribution in [0.3, 0.4) is 0 Å². The summed E-state index contributed by atoms with van der Waals surface area (Å²) in [5.74, 6) is -0.886. The lowest BCUT2D eigenvalue weighted by Crippen LogP contribution is -2.59. The van der Waals surface area contributed by atoms with Crippen molar-refractivity contribution in [3.8, 4) is 5.75 Å². The van der Waals surface area contributed by atoms with Crippen LogP contribution in [-0.4, -0.2) is 48.8 Å². The summed E-state index contributed by atoms with van der Waals surface area (Å²) in [7, 11) is 0. The molecule has 1 spiro atoms. The number of carbonyl (C=O) groups excluding carboxylic acids is 1. The third kappa shape index (κ3) is 2.63. The molecule has 4 fully saturated rings. The Bertz CT molecular complexity index is 664. The highest BCUT2D eigenvalue weighted by Gasteiger charge is 2.58. The van der Waals surface area contributed by atoms with Crippen molar-refractivity contribution in [2.24, 2.45) is 5.92 Å². The molecule has 24 heavy (non-hydrogen) atoms. The SMILES string of the molecule is O=C(Nc1ccc(F)cc1OC(F)F)C1CN2CC3CC2(CO1)C3. The van der Waals surface area contributed by atoms with Gasteiger partial charge in [0.05, 0.1) is 12.3 Å². The summed E-state index contributed by atoms with van der Waals surface area (Å²) >= 11 is 0. The number of amides is 1. The van der Waals surface area contributed by atoms with Crippen LogP contribution in [0, 0.1) is 11.7 Å². The zero-order valence-corrected chi connectivity index (χ0v) is 12.8. The van der Waals surface area contributed by atoms with Crippen LogP contribution in [0.2, 0.25) is 0 Å². The molecule has 3 heterocycles. The third-order valence-electron chi connectivity index (χ3n) is 5.14. The van der Waals surface area contributed by atoms with Gasteiger partial charge in [-0.05, 0) is 30.9 Å². The lowest BCUT2D eigenvalue weighted by molar-refractivity contribution is -0.144. The van der Waals surface area contributed by atoms with Gasteiger partial charge in [0.1, 0.15) is 11.9 Å². The number of ether oxygens (including phenoxy) is 2. The number of alkyl halides is 2. The lowest BCUT2D eigenvalue weighted by Gasteiger charge is -2.47. The Labute approximate surface area is 136 Å². The molecule has 4 aliphatic rings. The first-order chi connectivity index (χ1) is 11.4. The summed E-state index contributed by atoms with van der Waals surface area (Å²) in [6.07, 6.45) is 1.55. The van der Waals surface area contributed by atoms with Crippen molar-refractivity contribution in [3.05, 3.63) is 24.0 Å². The Morgan fingerprint density at radius 3 is 2.92 bits per heavy atom. The van der Waals surface area contributed by atoms with Crippen LogP contribution in [-0.2, 0) is 9.53 Å². The summed E-state index contributed by atoms with van der Waals surface area (Å²) in [5.41, 5.74) is 0.0951. The van der Waals surface area contributed by atoms with Crippen molar-refractivity contribution in [1.29, 1.82) is 0 Å². The van der Waals surface area contributed by atoms with E-state index in [0.717, 1.165) is 31.5 Å². The maximum absolute atomic E-state index is 13.2. The minimum Gasteiger partial charge on any atom is -0.432 e. The van der Waals surface area contributed by atoms with Crippen molar-refractivity contribution in [2.75, 3.05) is 25.0 Å². The van der Waals surface area contributed by atoms with Crippen molar-refractivity contribution in [1.82, 2.24) is 4.90 Å². The van der Waals surface area contributed by atoms with E-state index in [1.165, 1.54) is 6.07 Å². The van der Waals surface area contributed by atoms with Gasteiger partial charge in [0, 0.05) is 24.7 Å². The summed E-state index contributed by atoms with van der Waals surface area (Å²) < 4.78 is 48.0. The van der Waals surface area contributed by atoms with Crippen LogP contribution in [0.1, 0.15) is 12.8 Å². The normalized spacial score (nSPS) is 31.5. The van der Waals surface area contributed by atoms with E-state index in [0.29, 0.717) is 19.1 Å². The van der Waals surface area contributed by atoms with Gasteiger partial charge in [0.25, 0.3) is 5.91 Å². The van der Waals surface area contributed by atoms with Crippen molar-refractivity contribution < 1.29 is 27.4 Å². The number of benzene rings is 1. The van der Waals surface area contributed by atoms with Crippen molar-refractivity contribution in [2.45, 2.75) is 31.1 Å². The number of nitrogens with zero attached hydrogens (tertiary/aromatic N) is 1. The minimum atomic E-state index is -3.11. The number of morpholine rings is 1. The molecule has 1 amide bonds. The van der Waals surface area contributed by atoms with Crippen LogP contribution < -0.4 is 10.1 Å². The van der Waals surface area contributed by atoms with Gasteiger partial charge in [-0.25, -0.2) is 4.39 Å². The highest BCUT2D eigenvalue weighted by atomic mass is 19.3. The Morgan fingerprint density at radius 1 is 1.38 bits per heavy atom. The number of hydrogen-bond acceptors (Lipinski definition) is 4. The molecule has 1 N–H and O–H groups in total. The predicted molar refractivity (Wildman–Crippen MR) is 78.4 cm³/mol. The van der Waals surface area contributed by atoms with E-state index < -0.39 is 30.2 Å². The molecule has 3 aliphatic heterocycles. The molecule has 8 heteroatoms.